The molecule has 6 heteroatoms. The Labute approximate surface area is 87.1 Å². The van der Waals surface area contributed by atoms with Crippen molar-refractivity contribution in [1.29, 1.82) is 0 Å². The second-order valence-corrected chi connectivity index (χ2v) is 4.02. The van der Waals surface area contributed by atoms with Crippen LogP contribution in [0.4, 0.5) is 5.13 Å². The lowest BCUT2D eigenvalue weighted by Crippen LogP contribution is -1.86. The number of aromatic nitrogens is 3. The van der Waals surface area contributed by atoms with Crippen LogP contribution in [0, 0.1) is 0 Å². The molecule has 2 N–H and O–H groups in total. The maximum Gasteiger partial charge on any atom is 0.200 e. The van der Waals surface area contributed by atoms with Crippen LogP contribution in [0.5, 0.6) is 0 Å². The summed E-state index contributed by atoms with van der Waals surface area (Å²) in [7, 11) is 0. The van der Waals surface area contributed by atoms with E-state index < -0.39 is 0 Å². The van der Waals surface area contributed by atoms with Crippen LogP contribution < -0.4 is 5.73 Å². The maximum atomic E-state index is 5.45. The summed E-state index contributed by atoms with van der Waals surface area (Å²) < 4.78 is 4.97. The van der Waals surface area contributed by atoms with E-state index in [1.54, 1.807) is 6.20 Å². The fourth-order valence-corrected chi connectivity index (χ4v) is 1.52. The van der Waals surface area contributed by atoms with Crippen LogP contribution in [-0.2, 0) is 0 Å². The van der Waals surface area contributed by atoms with Gasteiger partial charge in [0.15, 0.2) is 11.0 Å². The van der Waals surface area contributed by atoms with Gasteiger partial charge in [-0.25, -0.2) is 0 Å². The number of anilines is 1. The molecule has 0 aliphatic rings. The van der Waals surface area contributed by atoms with E-state index in [2.05, 4.69) is 30.3 Å². The van der Waals surface area contributed by atoms with Crippen molar-refractivity contribution in [3.63, 3.8) is 0 Å². The zero-order valence-corrected chi connectivity index (χ0v) is 8.84. The standard InChI is InChI=1S/C7H5BrN4S/c8-4-1-2-5(10-3-4)6-11-7(9)13-12-6/h1-3H,(H2,9,11,12). The normalized spacial score (nSPS) is 10.2. The first-order valence-corrected chi connectivity index (χ1v) is 5.03. The van der Waals surface area contributed by atoms with E-state index in [0.29, 0.717) is 11.0 Å². The Bertz CT molecular complexity index is 411. The molecule has 0 saturated heterocycles. The predicted octanol–water partition coefficient (Wildman–Crippen LogP) is 1.94. The summed E-state index contributed by atoms with van der Waals surface area (Å²) in [5.74, 6) is 0.579. The van der Waals surface area contributed by atoms with Crippen molar-refractivity contribution in [3.8, 4) is 11.5 Å². The van der Waals surface area contributed by atoms with Crippen LogP contribution in [-0.4, -0.2) is 14.3 Å². The quantitative estimate of drug-likeness (QED) is 0.847. The lowest BCUT2D eigenvalue weighted by molar-refractivity contribution is 1.23. The minimum Gasteiger partial charge on any atom is -0.374 e. The predicted molar refractivity (Wildman–Crippen MR) is 55.3 cm³/mol. The highest BCUT2D eigenvalue weighted by Gasteiger charge is 2.04. The molecule has 2 aromatic rings. The monoisotopic (exact) mass is 256 g/mol. The Morgan fingerprint density at radius 3 is 2.77 bits per heavy atom. The van der Waals surface area contributed by atoms with Gasteiger partial charge in [-0.2, -0.15) is 9.36 Å². The van der Waals surface area contributed by atoms with Crippen LogP contribution in [0.3, 0.4) is 0 Å². The number of nitrogens with two attached hydrogens (primary N) is 1. The molecule has 0 atom stereocenters. The largest absolute Gasteiger partial charge is 0.374 e. The van der Waals surface area contributed by atoms with E-state index in [9.17, 15) is 0 Å². The highest BCUT2D eigenvalue weighted by atomic mass is 79.9. The molecule has 0 aliphatic heterocycles. The van der Waals surface area contributed by atoms with Crippen molar-refractivity contribution in [2.24, 2.45) is 0 Å². The molecule has 13 heavy (non-hydrogen) atoms. The van der Waals surface area contributed by atoms with Crippen molar-refractivity contribution in [2.45, 2.75) is 0 Å². The first-order chi connectivity index (χ1) is 6.25. The fraction of sp³-hybridized carbons (Fsp3) is 0. The van der Waals surface area contributed by atoms with Gasteiger partial charge >= 0.3 is 0 Å². The molecule has 0 bridgehead atoms. The third-order valence-corrected chi connectivity index (χ3v) is 2.41. The lowest BCUT2D eigenvalue weighted by atomic mass is 10.3. The van der Waals surface area contributed by atoms with Crippen LogP contribution >= 0.6 is 27.5 Å². The molecule has 2 rings (SSSR count). The van der Waals surface area contributed by atoms with Gasteiger partial charge in [0.05, 0.1) is 0 Å². The summed E-state index contributed by atoms with van der Waals surface area (Å²) in [5, 5.41) is 0.458. The molecule has 2 aromatic heterocycles. The van der Waals surface area contributed by atoms with Crippen molar-refractivity contribution in [1.82, 2.24) is 14.3 Å². The highest BCUT2D eigenvalue weighted by Crippen LogP contribution is 2.18. The van der Waals surface area contributed by atoms with E-state index >= 15 is 0 Å². The Hall–Kier alpha value is -1.01. The highest BCUT2D eigenvalue weighted by molar-refractivity contribution is 9.10. The van der Waals surface area contributed by atoms with E-state index in [1.807, 2.05) is 12.1 Å². The molecule has 0 fully saturated rings. The van der Waals surface area contributed by atoms with Gasteiger partial charge in [0.1, 0.15) is 5.69 Å². The number of halogens is 1. The Kier molecular flexibility index (Phi) is 2.24. The third-order valence-electron chi connectivity index (χ3n) is 1.40. The van der Waals surface area contributed by atoms with Crippen molar-refractivity contribution < 1.29 is 0 Å². The molecule has 0 aliphatic carbocycles. The second kappa shape index (κ2) is 3.39. The smallest absolute Gasteiger partial charge is 0.200 e. The van der Waals surface area contributed by atoms with E-state index in [-0.39, 0.29) is 0 Å². The van der Waals surface area contributed by atoms with Crippen molar-refractivity contribution in [2.75, 3.05) is 5.73 Å². The first-order valence-electron chi connectivity index (χ1n) is 3.47. The fourth-order valence-electron chi connectivity index (χ4n) is 0.847. The molecular weight excluding hydrogens is 252 g/mol. The molecule has 0 unspecified atom stereocenters. The van der Waals surface area contributed by atoms with Gasteiger partial charge in [-0.05, 0) is 28.1 Å². The summed E-state index contributed by atoms with van der Waals surface area (Å²) in [5.41, 5.74) is 6.19. The van der Waals surface area contributed by atoms with Crippen LogP contribution in [0.1, 0.15) is 0 Å². The first kappa shape index (κ1) is 8.58. The number of nitrogen functional groups attached to an aromatic ring is 1. The second-order valence-electron chi connectivity index (χ2n) is 2.32. The summed E-state index contributed by atoms with van der Waals surface area (Å²) in [6.45, 7) is 0. The van der Waals surface area contributed by atoms with Gasteiger partial charge in [0, 0.05) is 22.2 Å². The van der Waals surface area contributed by atoms with Gasteiger partial charge in [-0.3, -0.25) is 4.98 Å². The number of rotatable bonds is 1. The zero-order valence-electron chi connectivity index (χ0n) is 6.44. The number of hydrogen-bond donors (Lipinski definition) is 1. The Morgan fingerprint density at radius 2 is 2.23 bits per heavy atom. The van der Waals surface area contributed by atoms with Crippen molar-refractivity contribution in [3.05, 3.63) is 22.8 Å². The molecule has 0 spiro atoms. The topological polar surface area (TPSA) is 64.7 Å². The molecule has 66 valence electrons. The van der Waals surface area contributed by atoms with E-state index in [0.717, 1.165) is 10.2 Å². The zero-order chi connectivity index (χ0) is 9.26. The average Bonchev–Trinajstić information content (AvgIpc) is 2.53. The van der Waals surface area contributed by atoms with Gasteiger partial charge in [-0.1, -0.05) is 0 Å². The Morgan fingerprint density at radius 1 is 1.38 bits per heavy atom. The van der Waals surface area contributed by atoms with Gasteiger partial charge in [0.2, 0.25) is 0 Å². The van der Waals surface area contributed by atoms with Gasteiger partial charge in [0.25, 0.3) is 0 Å². The molecule has 4 nitrogen and oxygen atoms in total. The SMILES string of the molecule is Nc1nc(-c2ccc(Br)cn2)ns1. The molecule has 0 aromatic carbocycles. The summed E-state index contributed by atoms with van der Waals surface area (Å²) >= 11 is 4.47. The molecule has 0 saturated carbocycles. The number of hydrogen-bond acceptors (Lipinski definition) is 5. The van der Waals surface area contributed by atoms with Crippen LogP contribution in [0.2, 0.25) is 0 Å². The molecule has 0 radical (unpaired) electrons. The third kappa shape index (κ3) is 1.84. The minimum atomic E-state index is 0.458. The van der Waals surface area contributed by atoms with E-state index in [1.165, 1.54) is 11.5 Å². The molecular formula is C7H5BrN4S. The number of pyridine rings is 1. The maximum absolute atomic E-state index is 5.45. The van der Waals surface area contributed by atoms with Crippen LogP contribution in [0.25, 0.3) is 11.5 Å². The average molecular weight is 257 g/mol. The summed E-state index contributed by atoms with van der Waals surface area (Å²) in [6, 6.07) is 3.73. The van der Waals surface area contributed by atoms with Gasteiger partial charge < -0.3 is 5.73 Å². The lowest BCUT2D eigenvalue weighted by Gasteiger charge is -1.92. The summed E-state index contributed by atoms with van der Waals surface area (Å²) in [6.07, 6.45) is 1.70. The number of nitrogens with zero attached hydrogens (tertiary/aromatic N) is 3. The minimum absolute atomic E-state index is 0.458. The Balaban J connectivity index is 2.41. The molecule has 0 amide bonds. The molecule has 2 heterocycles. The summed E-state index contributed by atoms with van der Waals surface area (Å²) in [4.78, 5) is 8.16. The van der Waals surface area contributed by atoms with E-state index in [4.69, 9.17) is 5.73 Å². The van der Waals surface area contributed by atoms with Gasteiger partial charge in [-0.15, -0.1) is 0 Å². The van der Waals surface area contributed by atoms with Crippen molar-refractivity contribution >= 4 is 32.6 Å². The van der Waals surface area contributed by atoms with Crippen LogP contribution in [0.15, 0.2) is 22.8 Å².